The number of hydrogen-bond donors (Lipinski definition) is 1. The molecule has 2 aliphatic rings. The van der Waals surface area contributed by atoms with Crippen LogP contribution in [0.4, 0.5) is 5.69 Å². The molecule has 1 N–H and O–H groups in total. The van der Waals surface area contributed by atoms with Gasteiger partial charge in [-0.2, -0.15) is 0 Å². The van der Waals surface area contributed by atoms with Crippen LogP contribution < -0.4 is 14.8 Å². The fraction of sp³-hybridized carbons (Fsp3) is 0.381. The molecule has 5 heteroatoms. The number of fused-ring (bicyclic) bond motifs is 4. The zero-order valence-electron chi connectivity index (χ0n) is 15.4. The van der Waals surface area contributed by atoms with Crippen LogP contribution in [0.1, 0.15) is 48.3 Å². The van der Waals surface area contributed by atoms with Crippen LogP contribution in [0.25, 0.3) is 0 Å². The number of carbonyl (C=O) groups excluding carboxylic acids is 1. The first kappa shape index (κ1) is 17.4. The third-order valence-corrected chi connectivity index (χ3v) is 6.50. The van der Waals surface area contributed by atoms with Gasteiger partial charge in [0.25, 0.3) is 0 Å². The van der Waals surface area contributed by atoms with Gasteiger partial charge in [0.1, 0.15) is 0 Å². The second kappa shape index (κ2) is 6.02. The first-order chi connectivity index (χ1) is 12.3. The maximum absolute atomic E-state index is 11.8. The van der Waals surface area contributed by atoms with Gasteiger partial charge in [0, 0.05) is 32.6 Å². The molecule has 26 heavy (non-hydrogen) atoms. The summed E-state index contributed by atoms with van der Waals surface area (Å²) in [5.74, 6) is 1.87. The topological polar surface area (TPSA) is 47.6 Å². The summed E-state index contributed by atoms with van der Waals surface area (Å²) in [6.07, 6.45) is 0. The lowest BCUT2D eigenvalue weighted by Gasteiger charge is -2.49. The predicted octanol–water partition coefficient (Wildman–Crippen LogP) is 5.11. The molecule has 4 rings (SSSR count). The number of rotatable bonds is 2. The second-order valence-electron chi connectivity index (χ2n) is 7.57. The van der Waals surface area contributed by atoms with Crippen molar-refractivity contribution in [3.05, 3.63) is 51.5 Å². The number of ether oxygens (including phenoxy) is 2. The summed E-state index contributed by atoms with van der Waals surface area (Å²) in [5, 5.41) is 3.69. The van der Waals surface area contributed by atoms with Gasteiger partial charge in [-0.05, 0) is 42.8 Å². The summed E-state index contributed by atoms with van der Waals surface area (Å²) in [4.78, 5) is 11.8. The van der Waals surface area contributed by atoms with Crippen molar-refractivity contribution in [1.29, 1.82) is 0 Å². The van der Waals surface area contributed by atoms with E-state index in [1.54, 1.807) is 14.0 Å². The fourth-order valence-electron chi connectivity index (χ4n) is 4.21. The molecule has 136 valence electrons. The minimum Gasteiger partial charge on any atom is -0.493 e. The maximum Gasteiger partial charge on any atom is 0.167 e. The van der Waals surface area contributed by atoms with Crippen LogP contribution in [0, 0.1) is 5.92 Å². The van der Waals surface area contributed by atoms with E-state index < -0.39 is 0 Å². The van der Waals surface area contributed by atoms with E-state index in [9.17, 15) is 4.79 Å². The number of ketones is 1. The Morgan fingerprint density at radius 3 is 2.77 bits per heavy atom. The van der Waals surface area contributed by atoms with E-state index >= 15 is 0 Å². The summed E-state index contributed by atoms with van der Waals surface area (Å²) < 4.78 is 12.7. The number of benzene rings is 2. The molecule has 0 fully saturated rings. The molecule has 2 atom stereocenters. The van der Waals surface area contributed by atoms with Gasteiger partial charge in [0.05, 0.1) is 19.8 Å². The number of Topliss-reactive ketones (excluding diaryl/α,β-unsaturated/α-hetero) is 1. The zero-order valence-corrected chi connectivity index (χ0v) is 16.9. The normalized spacial score (nSPS) is 22.2. The van der Waals surface area contributed by atoms with Crippen LogP contribution in [0.2, 0.25) is 0 Å². The Morgan fingerprint density at radius 1 is 1.31 bits per heavy atom. The molecule has 0 radical (unpaired) electrons. The number of hydrogen-bond acceptors (Lipinski definition) is 4. The van der Waals surface area contributed by atoms with Gasteiger partial charge in [-0.3, -0.25) is 4.79 Å². The van der Waals surface area contributed by atoms with E-state index in [-0.39, 0.29) is 23.2 Å². The number of anilines is 1. The number of halogens is 1. The Labute approximate surface area is 162 Å². The second-order valence-corrected chi connectivity index (χ2v) is 8.42. The minimum atomic E-state index is -0.142. The lowest BCUT2D eigenvalue weighted by Crippen LogP contribution is -2.46. The average molecular weight is 416 g/mol. The molecule has 2 aliphatic heterocycles. The molecule has 0 bridgehead atoms. The quantitative estimate of drug-likeness (QED) is 0.691. The standard InChI is InChI=1S/C21H22BrNO3/c1-11(24)12-5-7-16-13(9-12)21(2,3)14-10-26-20-17(25-4)8-6-15(22)18(20)19(14)23-16/h5-9,14,19,23H,10H2,1-4H3. The largest absolute Gasteiger partial charge is 0.493 e. The summed E-state index contributed by atoms with van der Waals surface area (Å²) in [6.45, 7) is 6.67. The first-order valence-electron chi connectivity index (χ1n) is 8.75. The lowest BCUT2D eigenvalue weighted by atomic mass is 9.65. The Balaban J connectivity index is 1.88. The highest BCUT2D eigenvalue weighted by molar-refractivity contribution is 9.10. The van der Waals surface area contributed by atoms with Gasteiger partial charge >= 0.3 is 0 Å². The molecule has 0 spiro atoms. The molecule has 2 heterocycles. The van der Waals surface area contributed by atoms with Crippen molar-refractivity contribution in [2.24, 2.45) is 5.92 Å². The fourth-order valence-corrected chi connectivity index (χ4v) is 4.77. The monoisotopic (exact) mass is 415 g/mol. The van der Waals surface area contributed by atoms with E-state index in [0.717, 1.165) is 38.3 Å². The van der Waals surface area contributed by atoms with E-state index in [4.69, 9.17) is 9.47 Å². The smallest absolute Gasteiger partial charge is 0.167 e. The summed E-state index contributed by atoms with van der Waals surface area (Å²) in [7, 11) is 1.66. The van der Waals surface area contributed by atoms with Gasteiger partial charge < -0.3 is 14.8 Å². The van der Waals surface area contributed by atoms with Crippen LogP contribution >= 0.6 is 15.9 Å². The highest BCUT2D eigenvalue weighted by Crippen LogP contribution is 2.55. The van der Waals surface area contributed by atoms with Crippen molar-refractivity contribution in [1.82, 2.24) is 0 Å². The van der Waals surface area contributed by atoms with Crippen molar-refractivity contribution in [3.63, 3.8) is 0 Å². The number of carbonyl (C=O) groups is 1. The summed E-state index contributed by atoms with van der Waals surface area (Å²) in [5.41, 5.74) is 3.94. The predicted molar refractivity (Wildman–Crippen MR) is 106 cm³/mol. The van der Waals surface area contributed by atoms with Gasteiger partial charge in [0.2, 0.25) is 0 Å². The van der Waals surface area contributed by atoms with E-state index in [1.165, 1.54) is 0 Å². The van der Waals surface area contributed by atoms with Gasteiger partial charge in [-0.1, -0.05) is 29.8 Å². The molecule has 4 nitrogen and oxygen atoms in total. The van der Waals surface area contributed by atoms with Gasteiger partial charge in [-0.15, -0.1) is 0 Å². The van der Waals surface area contributed by atoms with Crippen LogP contribution in [-0.2, 0) is 5.41 Å². The Hall–Kier alpha value is -2.01. The number of nitrogens with one attached hydrogen (secondary N) is 1. The Bertz CT molecular complexity index is 906. The highest BCUT2D eigenvalue weighted by Gasteiger charge is 2.47. The molecule has 0 amide bonds. The SMILES string of the molecule is COc1ccc(Br)c2c1OCC1C2Nc2ccc(C(C)=O)cc2C1(C)C. The third kappa shape index (κ3) is 2.44. The van der Waals surface area contributed by atoms with E-state index in [1.807, 2.05) is 30.3 Å². The lowest BCUT2D eigenvalue weighted by molar-refractivity contribution is 0.101. The van der Waals surface area contributed by atoms with Crippen molar-refractivity contribution in [3.8, 4) is 11.5 Å². The van der Waals surface area contributed by atoms with Crippen molar-refractivity contribution >= 4 is 27.4 Å². The molecular weight excluding hydrogens is 394 g/mol. The van der Waals surface area contributed by atoms with Crippen molar-refractivity contribution in [2.45, 2.75) is 32.2 Å². The highest BCUT2D eigenvalue weighted by atomic mass is 79.9. The molecule has 0 aromatic heterocycles. The Morgan fingerprint density at radius 2 is 2.08 bits per heavy atom. The van der Waals surface area contributed by atoms with E-state index in [2.05, 4.69) is 35.1 Å². The van der Waals surface area contributed by atoms with Crippen LogP contribution in [0.3, 0.4) is 0 Å². The minimum absolute atomic E-state index is 0.0865. The Kier molecular flexibility index (Phi) is 4.03. The van der Waals surface area contributed by atoms with E-state index in [0.29, 0.717) is 6.61 Å². The summed E-state index contributed by atoms with van der Waals surface area (Å²) >= 11 is 3.70. The molecule has 0 aliphatic carbocycles. The average Bonchev–Trinajstić information content (AvgIpc) is 2.61. The number of methoxy groups -OCH3 is 1. The first-order valence-corrected chi connectivity index (χ1v) is 9.55. The summed E-state index contributed by atoms with van der Waals surface area (Å²) in [6, 6.07) is 9.97. The molecule has 0 saturated heterocycles. The van der Waals surface area contributed by atoms with Gasteiger partial charge in [0.15, 0.2) is 17.3 Å². The van der Waals surface area contributed by atoms with Crippen molar-refractivity contribution in [2.75, 3.05) is 19.0 Å². The molecular formula is C21H22BrNO3. The van der Waals surface area contributed by atoms with Crippen molar-refractivity contribution < 1.29 is 14.3 Å². The van der Waals surface area contributed by atoms with Crippen LogP contribution in [0.5, 0.6) is 11.5 Å². The van der Waals surface area contributed by atoms with Gasteiger partial charge in [-0.25, -0.2) is 0 Å². The van der Waals surface area contributed by atoms with Crippen LogP contribution in [-0.4, -0.2) is 19.5 Å². The van der Waals surface area contributed by atoms with Crippen LogP contribution in [0.15, 0.2) is 34.8 Å². The molecule has 2 aromatic rings. The zero-order chi connectivity index (χ0) is 18.6. The molecule has 0 saturated carbocycles. The maximum atomic E-state index is 11.8. The third-order valence-electron chi connectivity index (χ3n) is 5.81. The molecule has 2 aromatic carbocycles. The molecule has 2 unspecified atom stereocenters.